The van der Waals surface area contributed by atoms with Crippen LogP contribution in [0.3, 0.4) is 0 Å². The van der Waals surface area contributed by atoms with Crippen molar-refractivity contribution in [3.63, 3.8) is 0 Å². The van der Waals surface area contributed by atoms with Gasteiger partial charge in [-0.05, 0) is 51.1 Å². The Kier molecular flexibility index (Phi) is 6.98. The molecule has 0 unspecified atom stereocenters. The van der Waals surface area contributed by atoms with Crippen molar-refractivity contribution in [3.05, 3.63) is 46.8 Å². The number of aryl methyl sites for hydroxylation is 2. The molecule has 0 aliphatic carbocycles. The van der Waals surface area contributed by atoms with Crippen LogP contribution >= 0.6 is 0 Å². The van der Waals surface area contributed by atoms with E-state index in [0.717, 1.165) is 42.0 Å². The number of nitrogens with one attached hydrogen (secondary N) is 1. The predicted molar refractivity (Wildman–Crippen MR) is 107 cm³/mol. The summed E-state index contributed by atoms with van der Waals surface area (Å²) >= 11 is 0. The Bertz CT molecular complexity index is 746. The summed E-state index contributed by atoms with van der Waals surface area (Å²) in [6, 6.07) is 8.27. The highest BCUT2D eigenvalue weighted by Gasteiger charge is 2.25. The van der Waals surface area contributed by atoms with Crippen LogP contribution in [0.5, 0.6) is 0 Å². The van der Waals surface area contributed by atoms with Crippen molar-refractivity contribution in [3.8, 4) is 5.69 Å². The minimum absolute atomic E-state index is 0.0158. The number of likely N-dealkylation sites (N-methyl/N-ethyl adjacent to an activating group) is 1. The molecule has 2 rings (SSSR count). The van der Waals surface area contributed by atoms with Crippen LogP contribution < -0.4 is 5.32 Å². The molecule has 5 heteroatoms. The van der Waals surface area contributed by atoms with Gasteiger partial charge in [0.2, 0.25) is 0 Å². The van der Waals surface area contributed by atoms with E-state index in [1.54, 1.807) is 0 Å². The molecule has 1 aromatic heterocycles. The first kappa shape index (κ1) is 20.2. The first-order valence-electron chi connectivity index (χ1n) is 9.46. The molecule has 2 aromatic rings. The highest BCUT2D eigenvalue weighted by molar-refractivity contribution is 5.97. The third-order valence-corrected chi connectivity index (χ3v) is 4.35. The summed E-state index contributed by atoms with van der Waals surface area (Å²) in [6.07, 6.45) is 1.76. The quantitative estimate of drug-likeness (QED) is 0.787. The van der Waals surface area contributed by atoms with Gasteiger partial charge in [0.05, 0.1) is 22.6 Å². The molecule has 0 atom stereocenters. The zero-order chi connectivity index (χ0) is 19.3. The van der Waals surface area contributed by atoms with Crippen LogP contribution in [0, 0.1) is 6.92 Å². The highest BCUT2D eigenvalue weighted by atomic mass is 16.1. The summed E-state index contributed by atoms with van der Waals surface area (Å²) in [6.45, 7) is 9.88. The summed E-state index contributed by atoms with van der Waals surface area (Å²) < 4.78 is 1.96. The number of nitrogens with zero attached hydrogens (tertiary/aromatic N) is 3. The van der Waals surface area contributed by atoms with Crippen molar-refractivity contribution in [2.75, 3.05) is 27.2 Å². The first-order chi connectivity index (χ1) is 12.3. The second-order valence-electron chi connectivity index (χ2n) is 7.42. The van der Waals surface area contributed by atoms with E-state index >= 15 is 0 Å². The fourth-order valence-electron chi connectivity index (χ4n) is 3.11. The molecule has 0 radical (unpaired) electrons. The Morgan fingerprint density at radius 2 is 2.04 bits per heavy atom. The van der Waals surface area contributed by atoms with Crippen molar-refractivity contribution >= 4 is 5.91 Å². The second-order valence-corrected chi connectivity index (χ2v) is 7.42. The molecule has 1 N–H and O–H groups in total. The summed E-state index contributed by atoms with van der Waals surface area (Å²) in [5.74, 6) is 0.182. The van der Waals surface area contributed by atoms with Gasteiger partial charge >= 0.3 is 0 Å². The van der Waals surface area contributed by atoms with Crippen molar-refractivity contribution < 1.29 is 4.79 Å². The molecule has 0 aliphatic rings. The molecule has 0 fully saturated rings. The highest BCUT2D eigenvalue weighted by Crippen LogP contribution is 2.27. The molecule has 0 spiro atoms. The molecular formula is C21H32N4O. The van der Waals surface area contributed by atoms with Gasteiger partial charge in [0.1, 0.15) is 0 Å². The summed E-state index contributed by atoms with van der Waals surface area (Å²) in [5, 5.41) is 7.91. The van der Waals surface area contributed by atoms with Gasteiger partial charge in [-0.2, -0.15) is 5.10 Å². The maximum atomic E-state index is 13.0. The van der Waals surface area contributed by atoms with Gasteiger partial charge in [-0.25, -0.2) is 4.68 Å². The zero-order valence-electron chi connectivity index (χ0n) is 17.0. The summed E-state index contributed by atoms with van der Waals surface area (Å²) in [4.78, 5) is 15.0. The molecule has 0 saturated carbocycles. The number of carbonyl (C=O) groups is 1. The number of aromatic nitrogens is 2. The van der Waals surface area contributed by atoms with Gasteiger partial charge in [0.15, 0.2) is 0 Å². The minimum Gasteiger partial charge on any atom is -0.351 e. The Morgan fingerprint density at radius 1 is 1.31 bits per heavy atom. The molecule has 0 bridgehead atoms. The van der Waals surface area contributed by atoms with Crippen LogP contribution in [-0.4, -0.2) is 47.8 Å². The van der Waals surface area contributed by atoms with Crippen LogP contribution in [0.4, 0.5) is 0 Å². The molecule has 26 heavy (non-hydrogen) atoms. The van der Waals surface area contributed by atoms with E-state index in [2.05, 4.69) is 56.1 Å². The normalized spacial score (nSPS) is 11.4. The van der Waals surface area contributed by atoms with Crippen LogP contribution in [-0.2, 0) is 6.42 Å². The van der Waals surface area contributed by atoms with Crippen LogP contribution in [0.1, 0.15) is 60.4 Å². The smallest absolute Gasteiger partial charge is 0.255 e. The van der Waals surface area contributed by atoms with Gasteiger partial charge in [-0.1, -0.05) is 39.3 Å². The van der Waals surface area contributed by atoms with Crippen molar-refractivity contribution in [1.82, 2.24) is 20.0 Å². The molecule has 5 nitrogen and oxygen atoms in total. The average Bonchev–Trinajstić information content (AvgIpc) is 2.94. The fraction of sp³-hybridized carbons (Fsp3) is 0.524. The Balaban J connectivity index is 2.49. The number of amides is 1. The summed E-state index contributed by atoms with van der Waals surface area (Å²) in [7, 11) is 4.01. The number of rotatable bonds is 8. The molecule has 1 aromatic carbocycles. The van der Waals surface area contributed by atoms with E-state index in [-0.39, 0.29) is 11.8 Å². The Morgan fingerprint density at radius 3 is 2.62 bits per heavy atom. The van der Waals surface area contributed by atoms with E-state index in [4.69, 9.17) is 5.10 Å². The number of carbonyl (C=O) groups excluding carboxylic acids is 1. The predicted octanol–water partition coefficient (Wildman–Crippen LogP) is 3.55. The lowest BCUT2D eigenvalue weighted by Gasteiger charge is -2.14. The standard InChI is InChI=1S/C21H32N4O/c1-7-9-18-19(21(26)22-12-13-24(5)6)20(15(2)3)25(23-18)17-11-8-10-16(4)14-17/h8,10-11,14-15H,7,9,12-13H2,1-6H3,(H,22,26). The van der Waals surface area contributed by atoms with Crippen molar-refractivity contribution in [1.29, 1.82) is 0 Å². The largest absolute Gasteiger partial charge is 0.351 e. The van der Waals surface area contributed by atoms with E-state index < -0.39 is 0 Å². The van der Waals surface area contributed by atoms with E-state index in [0.29, 0.717) is 6.54 Å². The second kappa shape index (κ2) is 8.99. The lowest BCUT2D eigenvalue weighted by molar-refractivity contribution is 0.0948. The zero-order valence-corrected chi connectivity index (χ0v) is 17.0. The topological polar surface area (TPSA) is 50.2 Å². The van der Waals surface area contributed by atoms with Gasteiger partial charge in [0.25, 0.3) is 5.91 Å². The van der Waals surface area contributed by atoms with Crippen LogP contribution in [0.25, 0.3) is 5.69 Å². The lowest BCUT2D eigenvalue weighted by Crippen LogP contribution is -2.32. The van der Waals surface area contributed by atoms with Crippen LogP contribution in [0.15, 0.2) is 24.3 Å². The SMILES string of the molecule is CCCc1nn(-c2cccc(C)c2)c(C(C)C)c1C(=O)NCCN(C)C. The third kappa shape index (κ3) is 4.73. The minimum atomic E-state index is -0.0158. The Labute approximate surface area is 157 Å². The van der Waals surface area contributed by atoms with Gasteiger partial charge in [-0.15, -0.1) is 0 Å². The maximum absolute atomic E-state index is 13.0. The third-order valence-electron chi connectivity index (χ3n) is 4.35. The molecule has 0 saturated heterocycles. The molecule has 0 aliphatic heterocycles. The first-order valence-corrected chi connectivity index (χ1v) is 9.46. The molecule has 1 heterocycles. The van der Waals surface area contributed by atoms with Gasteiger partial charge in [0, 0.05) is 13.1 Å². The maximum Gasteiger partial charge on any atom is 0.255 e. The number of benzene rings is 1. The lowest BCUT2D eigenvalue weighted by atomic mass is 10.0. The van der Waals surface area contributed by atoms with Gasteiger partial charge in [-0.3, -0.25) is 4.79 Å². The van der Waals surface area contributed by atoms with Crippen molar-refractivity contribution in [2.24, 2.45) is 0 Å². The summed E-state index contributed by atoms with van der Waals surface area (Å²) in [5.41, 5.74) is 4.82. The number of hydrogen-bond donors (Lipinski definition) is 1. The molecule has 1 amide bonds. The van der Waals surface area contributed by atoms with Gasteiger partial charge < -0.3 is 10.2 Å². The van der Waals surface area contributed by atoms with E-state index in [1.807, 2.05) is 24.8 Å². The Hall–Kier alpha value is -2.14. The van der Waals surface area contributed by atoms with E-state index in [1.165, 1.54) is 5.56 Å². The fourth-order valence-corrected chi connectivity index (χ4v) is 3.11. The molecular weight excluding hydrogens is 324 g/mol. The van der Waals surface area contributed by atoms with E-state index in [9.17, 15) is 4.79 Å². The van der Waals surface area contributed by atoms with Crippen molar-refractivity contribution in [2.45, 2.75) is 46.5 Å². The monoisotopic (exact) mass is 356 g/mol. The molecule has 142 valence electrons. The van der Waals surface area contributed by atoms with Crippen LogP contribution in [0.2, 0.25) is 0 Å². The number of hydrogen-bond acceptors (Lipinski definition) is 3. The average molecular weight is 357 g/mol.